The summed E-state index contributed by atoms with van der Waals surface area (Å²) in [5.74, 6) is 0.261. The minimum Gasteiger partial charge on any atom is -0.342 e. The van der Waals surface area contributed by atoms with Crippen LogP contribution >= 0.6 is 0 Å². The number of urea groups is 1. The molecule has 2 fully saturated rings. The summed E-state index contributed by atoms with van der Waals surface area (Å²) in [6.45, 7) is 6.84. The van der Waals surface area contributed by atoms with Crippen LogP contribution in [-0.2, 0) is 11.2 Å². The second-order valence-electron chi connectivity index (χ2n) is 8.04. The zero-order valence-corrected chi connectivity index (χ0v) is 16.0. The van der Waals surface area contributed by atoms with Crippen LogP contribution in [-0.4, -0.2) is 54.0 Å². The number of piperidine rings is 1. The molecule has 0 bridgehead atoms. The number of aryl methyl sites for hydroxylation is 1. The summed E-state index contributed by atoms with van der Waals surface area (Å²) in [7, 11) is 0. The van der Waals surface area contributed by atoms with Crippen molar-refractivity contribution in [3.8, 4) is 0 Å². The fraction of sp³-hybridized carbons (Fsp3) is 0.619. The van der Waals surface area contributed by atoms with Crippen LogP contribution in [0.15, 0.2) is 30.3 Å². The molecule has 2 aliphatic rings. The van der Waals surface area contributed by atoms with Crippen molar-refractivity contribution in [1.29, 1.82) is 0 Å². The Kier molecular flexibility index (Phi) is 5.84. The summed E-state index contributed by atoms with van der Waals surface area (Å²) in [5, 5.41) is 2.95. The van der Waals surface area contributed by atoms with Crippen LogP contribution in [0.1, 0.15) is 45.1 Å². The maximum atomic E-state index is 13.1. The molecule has 5 nitrogen and oxygen atoms in total. The van der Waals surface area contributed by atoms with Gasteiger partial charge in [0.05, 0.1) is 5.41 Å². The van der Waals surface area contributed by atoms with Crippen molar-refractivity contribution >= 4 is 11.9 Å². The number of carbonyl (C=O) groups excluding carboxylic acids is 2. The van der Waals surface area contributed by atoms with Crippen LogP contribution in [0.5, 0.6) is 0 Å². The number of hydrogen-bond donors (Lipinski definition) is 1. The van der Waals surface area contributed by atoms with Crippen LogP contribution in [0.25, 0.3) is 0 Å². The Morgan fingerprint density at radius 2 is 1.96 bits per heavy atom. The molecule has 2 saturated heterocycles. The molecule has 0 radical (unpaired) electrons. The van der Waals surface area contributed by atoms with Crippen molar-refractivity contribution in [2.24, 2.45) is 5.41 Å². The van der Waals surface area contributed by atoms with E-state index in [0.29, 0.717) is 13.1 Å². The third-order valence-corrected chi connectivity index (χ3v) is 5.61. The first kappa shape index (κ1) is 18.7. The molecular weight excluding hydrogens is 326 g/mol. The van der Waals surface area contributed by atoms with E-state index in [1.807, 2.05) is 29.7 Å². The molecule has 5 heteroatoms. The number of likely N-dealkylation sites (tertiary alicyclic amines) is 2. The molecule has 1 aromatic rings. The van der Waals surface area contributed by atoms with E-state index >= 15 is 0 Å². The maximum Gasteiger partial charge on any atom is 0.317 e. The number of nitrogens with one attached hydrogen (secondary N) is 1. The Bertz CT molecular complexity index is 631. The number of amides is 3. The van der Waals surface area contributed by atoms with Gasteiger partial charge in [-0.25, -0.2) is 4.79 Å². The second-order valence-corrected chi connectivity index (χ2v) is 8.04. The zero-order chi connectivity index (χ0) is 18.6. The number of nitrogens with zero attached hydrogens (tertiary/aromatic N) is 2. The lowest BCUT2D eigenvalue weighted by Gasteiger charge is -2.39. The molecule has 1 atom stereocenters. The van der Waals surface area contributed by atoms with Crippen molar-refractivity contribution < 1.29 is 9.59 Å². The van der Waals surface area contributed by atoms with Gasteiger partial charge in [0, 0.05) is 32.2 Å². The van der Waals surface area contributed by atoms with E-state index in [-0.39, 0.29) is 23.4 Å². The standard InChI is InChI=1S/C21H31N3O2/c1-17(2)22-20(26)24-15-12-21(16-24)11-7-14-23(19(21)25)13-6-10-18-8-4-3-5-9-18/h3-5,8-9,17H,6-7,10-16H2,1-2H3,(H,22,26). The molecule has 1 spiro atoms. The van der Waals surface area contributed by atoms with E-state index in [0.717, 1.165) is 45.2 Å². The lowest BCUT2D eigenvalue weighted by atomic mass is 9.78. The quantitative estimate of drug-likeness (QED) is 0.880. The molecule has 1 unspecified atom stereocenters. The van der Waals surface area contributed by atoms with Gasteiger partial charge in [-0.1, -0.05) is 30.3 Å². The van der Waals surface area contributed by atoms with Gasteiger partial charge >= 0.3 is 6.03 Å². The fourth-order valence-electron chi connectivity index (χ4n) is 4.25. The van der Waals surface area contributed by atoms with Gasteiger partial charge in [-0.15, -0.1) is 0 Å². The third kappa shape index (κ3) is 4.19. The predicted octanol–water partition coefficient (Wildman–Crippen LogP) is 3.05. The molecule has 3 amide bonds. The normalized spacial score (nSPS) is 23.1. The monoisotopic (exact) mass is 357 g/mol. The van der Waals surface area contributed by atoms with Gasteiger partial charge < -0.3 is 15.1 Å². The first-order valence-electron chi connectivity index (χ1n) is 9.89. The highest BCUT2D eigenvalue weighted by atomic mass is 16.2. The highest BCUT2D eigenvalue weighted by Crippen LogP contribution is 2.40. The highest BCUT2D eigenvalue weighted by molar-refractivity contribution is 5.85. The molecule has 26 heavy (non-hydrogen) atoms. The number of carbonyl (C=O) groups is 2. The van der Waals surface area contributed by atoms with Gasteiger partial charge in [-0.2, -0.15) is 0 Å². The van der Waals surface area contributed by atoms with Crippen molar-refractivity contribution in [3.05, 3.63) is 35.9 Å². The largest absolute Gasteiger partial charge is 0.342 e. The van der Waals surface area contributed by atoms with Crippen molar-refractivity contribution in [1.82, 2.24) is 15.1 Å². The van der Waals surface area contributed by atoms with E-state index in [9.17, 15) is 9.59 Å². The first-order valence-corrected chi connectivity index (χ1v) is 9.89. The van der Waals surface area contributed by atoms with Gasteiger partial charge in [0.25, 0.3) is 0 Å². The van der Waals surface area contributed by atoms with Gasteiger partial charge in [0.15, 0.2) is 0 Å². The fourth-order valence-corrected chi connectivity index (χ4v) is 4.25. The molecule has 2 aliphatic heterocycles. The van der Waals surface area contributed by atoms with E-state index in [1.54, 1.807) is 0 Å². The predicted molar refractivity (Wildman–Crippen MR) is 103 cm³/mol. The van der Waals surface area contributed by atoms with Crippen molar-refractivity contribution in [3.63, 3.8) is 0 Å². The van der Waals surface area contributed by atoms with E-state index in [1.165, 1.54) is 5.56 Å². The highest BCUT2D eigenvalue weighted by Gasteiger charge is 2.49. The van der Waals surface area contributed by atoms with Crippen molar-refractivity contribution in [2.75, 3.05) is 26.2 Å². The van der Waals surface area contributed by atoms with Crippen LogP contribution < -0.4 is 5.32 Å². The molecule has 0 saturated carbocycles. The Balaban J connectivity index is 1.55. The van der Waals surface area contributed by atoms with Crippen LogP contribution in [0.2, 0.25) is 0 Å². The minimum atomic E-state index is -0.348. The summed E-state index contributed by atoms with van der Waals surface area (Å²) in [6.07, 6.45) is 4.74. The van der Waals surface area contributed by atoms with E-state index < -0.39 is 0 Å². The van der Waals surface area contributed by atoms with Crippen LogP contribution in [0, 0.1) is 5.41 Å². The summed E-state index contributed by atoms with van der Waals surface area (Å²) >= 11 is 0. The summed E-state index contributed by atoms with van der Waals surface area (Å²) in [5.41, 5.74) is 0.975. The SMILES string of the molecule is CC(C)NC(=O)N1CCC2(CCCN(CCCc3ccccc3)C2=O)C1. The second kappa shape index (κ2) is 8.11. The first-order chi connectivity index (χ1) is 12.5. The molecule has 3 rings (SSSR count). The third-order valence-electron chi connectivity index (χ3n) is 5.61. The molecule has 0 aliphatic carbocycles. The van der Waals surface area contributed by atoms with Gasteiger partial charge in [0.2, 0.25) is 5.91 Å². The molecule has 1 aromatic carbocycles. The Labute approximate surface area is 156 Å². The van der Waals surface area contributed by atoms with Gasteiger partial charge in [-0.05, 0) is 51.5 Å². The van der Waals surface area contributed by atoms with Gasteiger partial charge in [0.1, 0.15) is 0 Å². The van der Waals surface area contributed by atoms with Crippen molar-refractivity contribution in [2.45, 2.75) is 52.0 Å². The molecule has 1 N–H and O–H groups in total. The van der Waals surface area contributed by atoms with E-state index in [4.69, 9.17) is 0 Å². The molecular formula is C21H31N3O2. The average Bonchev–Trinajstić information content (AvgIpc) is 3.04. The minimum absolute atomic E-state index is 0.0362. The molecule has 142 valence electrons. The Morgan fingerprint density at radius 3 is 2.69 bits per heavy atom. The molecule has 2 heterocycles. The Hall–Kier alpha value is -2.04. The van der Waals surface area contributed by atoms with Crippen LogP contribution in [0.4, 0.5) is 4.79 Å². The average molecular weight is 357 g/mol. The summed E-state index contributed by atoms with van der Waals surface area (Å²) < 4.78 is 0. The summed E-state index contributed by atoms with van der Waals surface area (Å²) in [4.78, 5) is 29.3. The topological polar surface area (TPSA) is 52.7 Å². The Morgan fingerprint density at radius 1 is 1.19 bits per heavy atom. The van der Waals surface area contributed by atoms with Gasteiger partial charge in [-0.3, -0.25) is 4.79 Å². The number of benzene rings is 1. The zero-order valence-electron chi connectivity index (χ0n) is 16.0. The summed E-state index contributed by atoms with van der Waals surface area (Å²) in [6, 6.07) is 10.5. The van der Waals surface area contributed by atoms with Crippen LogP contribution in [0.3, 0.4) is 0 Å². The molecule has 0 aromatic heterocycles. The number of rotatable bonds is 5. The number of hydrogen-bond acceptors (Lipinski definition) is 2. The smallest absolute Gasteiger partial charge is 0.317 e. The lowest BCUT2D eigenvalue weighted by molar-refractivity contribution is -0.145. The lowest BCUT2D eigenvalue weighted by Crippen LogP contribution is -2.51. The van der Waals surface area contributed by atoms with E-state index in [2.05, 4.69) is 29.6 Å². The maximum absolute atomic E-state index is 13.1.